The predicted octanol–water partition coefficient (Wildman–Crippen LogP) is 1.96. The number of hydrogen-bond acceptors (Lipinski definition) is 4. The molecule has 1 N–H and O–H groups in total. The van der Waals surface area contributed by atoms with E-state index in [0.29, 0.717) is 24.4 Å². The quantitative estimate of drug-likeness (QED) is 0.781. The number of halogens is 1. The zero-order valence-corrected chi connectivity index (χ0v) is 12.6. The van der Waals surface area contributed by atoms with Gasteiger partial charge in [0.05, 0.1) is 19.7 Å². The van der Waals surface area contributed by atoms with Gasteiger partial charge in [-0.3, -0.25) is 14.5 Å². The molecular formula is C15H21FN2O3. The van der Waals surface area contributed by atoms with Crippen LogP contribution < -0.4 is 5.32 Å². The third kappa shape index (κ3) is 5.91. The van der Waals surface area contributed by atoms with Gasteiger partial charge in [-0.05, 0) is 38.1 Å². The van der Waals surface area contributed by atoms with Gasteiger partial charge in [0.2, 0.25) is 5.91 Å². The Hall–Kier alpha value is -1.95. The number of esters is 1. The van der Waals surface area contributed by atoms with Gasteiger partial charge in [-0.2, -0.15) is 0 Å². The van der Waals surface area contributed by atoms with E-state index in [0.717, 1.165) is 0 Å². The summed E-state index contributed by atoms with van der Waals surface area (Å²) in [6, 6.07) is 4.51. The lowest BCUT2D eigenvalue weighted by Crippen LogP contribution is -2.37. The SMILES string of the molecule is CCOC(=O)CN(CC)CC(=O)Nc1ccc(C)c(F)c1. The molecule has 0 saturated carbocycles. The van der Waals surface area contributed by atoms with Crippen LogP contribution in [0.2, 0.25) is 0 Å². The molecule has 6 heteroatoms. The van der Waals surface area contributed by atoms with Gasteiger partial charge >= 0.3 is 5.97 Å². The van der Waals surface area contributed by atoms with Gasteiger partial charge in [0.15, 0.2) is 0 Å². The Labute approximate surface area is 124 Å². The summed E-state index contributed by atoms with van der Waals surface area (Å²) < 4.78 is 18.2. The maximum Gasteiger partial charge on any atom is 0.320 e. The van der Waals surface area contributed by atoms with Crippen LogP contribution in [0.15, 0.2) is 18.2 Å². The van der Waals surface area contributed by atoms with Crippen LogP contribution in [-0.2, 0) is 14.3 Å². The Balaban J connectivity index is 2.54. The smallest absolute Gasteiger partial charge is 0.320 e. The molecule has 0 unspecified atom stereocenters. The van der Waals surface area contributed by atoms with Crippen molar-refractivity contribution in [3.63, 3.8) is 0 Å². The number of hydrogen-bond donors (Lipinski definition) is 1. The van der Waals surface area contributed by atoms with E-state index in [1.54, 1.807) is 30.9 Å². The van der Waals surface area contributed by atoms with Crippen molar-refractivity contribution in [2.75, 3.05) is 31.6 Å². The maximum absolute atomic E-state index is 13.4. The average Bonchev–Trinajstić information content (AvgIpc) is 2.42. The van der Waals surface area contributed by atoms with Crippen LogP contribution >= 0.6 is 0 Å². The van der Waals surface area contributed by atoms with Crippen molar-refractivity contribution in [2.45, 2.75) is 20.8 Å². The van der Waals surface area contributed by atoms with E-state index in [-0.39, 0.29) is 30.8 Å². The number of ether oxygens (including phenoxy) is 1. The average molecular weight is 296 g/mol. The van der Waals surface area contributed by atoms with E-state index in [1.807, 2.05) is 6.92 Å². The molecule has 0 heterocycles. The zero-order chi connectivity index (χ0) is 15.8. The van der Waals surface area contributed by atoms with E-state index in [9.17, 15) is 14.0 Å². The molecule has 0 spiro atoms. The fraction of sp³-hybridized carbons (Fsp3) is 0.467. The second-order valence-corrected chi connectivity index (χ2v) is 4.62. The Morgan fingerprint density at radius 1 is 1.29 bits per heavy atom. The molecule has 116 valence electrons. The number of anilines is 1. The molecule has 0 aliphatic carbocycles. The fourth-order valence-electron chi connectivity index (χ4n) is 1.74. The first-order valence-electron chi connectivity index (χ1n) is 6.90. The highest BCUT2D eigenvalue weighted by atomic mass is 19.1. The largest absolute Gasteiger partial charge is 0.465 e. The minimum Gasteiger partial charge on any atom is -0.465 e. The summed E-state index contributed by atoms with van der Waals surface area (Å²) in [7, 11) is 0. The topological polar surface area (TPSA) is 58.6 Å². The second kappa shape index (κ2) is 8.36. The van der Waals surface area contributed by atoms with E-state index in [1.165, 1.54) is 6.07 Å². The minimum absolute atomic E-state index is 0.0464. The van der Waals surface area contributed by atoms with Crippen LogP contribution in [0.1, 0.15) is 19.4 Å². The third-order valence-corrected chi connectivity index (χ3v) is 2.93. The van der Waals surface area contributed by atoms with Crippen molar-refractivity contribution in [3.05, 3.63) is 29.6 Å². The minimum atomic E-state index is -0.369. The van der Waals surface area contributed by atoms with Gasteiger partial charge in [0.25, 0.3) is 0 Å². The van der Waals surface area contributed by atoms with E-state index in [4.69, 9.17) is 4.74 Å². The number of carbonyl (C=O) groups is 2. The number of carbonyl (C=O) groups excluding carboxylic acids is 2. The molecule has 5 nitrogen and oxygen atoms in total. The lowest BCUT2D eigenvalue weighted by Gasteiger charge is -2.18. The van der Waals surface area contributed by atoms with Gasteiger partial charge in [-0.15, -0.1) is 0 Å². The summed E-state index contributed by atoms with van der Waals surface area (Å²) >= 11 is 0. The van der Waals surface area contributed by atoms with Crippen molar-refractivity contribution >= 4 is 17.6 Å². The normalized spacial score (nSPS) is 10.5. The van der Waals surface area contributed by atoms with Crippen molar-refractivity contribution in [3.8, 4) is 0 Å². The Kier molecular flexibility index (Phi) is 6.81. The van der Waals surface area contributed by atoms with Crippen molar-refractivity contribution in [1.82, 2.24) is 4.90 Å². The Morgan fingerprint density at radius 3 is 2.57 bits per heavy atom. The van der Waals surface area contributed by atoms with E-state index in [2.05, 4.69) is 5.32 Å². The van der Waals surface area contributed by atoms with E-state index >= 15 is 0 Å². The van der Waals surface area contributed by atoms with Crippen LogP contribution in [0.4, 0.5) is 10.1 Å². The number of rotatable bonds is 7. The molecule has 1 aromatic rings. The fourth-order valence-corrected chi connectivity index (χ4v) is 1.74. The second-order valence-electron chi connectivity index (χ2n) is 4.62. The molecule has 0 fully saturated rings. The lowest BCUT2D eigenvalue weighted by molar-refractivity contribution is -0.144. The van der Waals surface area contributed by atoms with Gasteiger partial charge < -0.3 is 10.1 Å². The monoisotopic (exact) mass is 296 g/mol. The van der Waals surface area contributed by atoms with Gasteiger partial charge in [0, 0.05) is 5.69 Å². The van der Waals surface area contributed by atoms with Crippen molar-refractivity contribution in [1.29, 1.82) is 0 Å². The molecule has 1 amide bonds. The maximum atomic E-state index is 13.4. The highest BCUT2D eigenvalue weighted by Crippen LogP contribution is 2.13. The summed E-state index contributed by atoms with van der Waals surface area (Å²) in [5.74, 6) is -1.04. The number of nitrogens with zero attached hydrogens (tertiary/aromatic N) is 1. The van der Waals surface area contributed by atoms with Crippen LogP contribution in [0.25, 0.3) is 0 Å². The van der Waals surface area contributed by atoms with Crippen molar-refractivity contribution in [2.24, 2.45) is 0 Å². The van der Waals surface area contributed by atoms with E-state index < -0.39 is 0 Å². The first-order valence-corrected chi connectivity index (χ1v) is 6.90. The summed E-state index contributed by atoms with van der Waals surface area (Å²) in [4.78, 5) is 24.9. The van der Waals surface area contributed by atoms with Crippen LogP contribution in [-0.4, -0.2) is 43.0 Å². The predicted molar refractivity (Wildman–Crippen MR) is 78.5 cm³/mol. The standard InChI is InChI=1S/C15H21FN2O3/c1-4-18(10-15(20)21-5-2)9-14(19)17-12-7-6-11(3)13(16)8-12/h6-8H,4-5,9-10H2,1-3H3,(H,17,19). The number of amides is 1. The molecule has 21 heavy (non-hydrogen) atoms. The molecule has 0 bridgehead atoms. The van der Waals surface area contributed by atoms with Gasteiger partial charge in [-0.1, -0.05) is 13.0 Å². The lowest BCUT2D eigenvalue weighted by atomic mass is 10.2. The molecule has 0 aliphatic heterocycles. The van der Waals surface area contributed by atoms with Crippen LogP contribution in [0.3, 0.4) is 0 Å². The van der Waals surface area contributed by atoms with Gasteiger partial charge in [-0.25, -0.2) is 4.39 Å². The number of aryl methyl sites for hydroxylation is 1. The molecule has 0 atom stereocenters. The summed E-state index contributed by atoms with van der Waals surface area (Å²) in [5.41, 5.74) is 0.917. The summed E-state index contributed by atoms with van der Waals surface area (Å²) in [6.45, 7) is 6.18. The number of benzene rings is 1. The highest BCUT2D eigenvalue weighted by molar-refractivity contribution is 5.92. The first kappa shape index (κ1) is 17.1. The third-order valence-electron chi connectivity index (χ3n) is 2.93. The molecule has 0 saturated heterocycles. The first-order chi connectivity index (χ1) is 9.96. The van der Waals surface area contributed by atoms with Crippen LogP contribution in [0, 0.1) is 12.7 Å². The van der Waals surface area contributed by atoms with Gasteiger partial charge in [0.1, 0.15) is 5.82 Å². The molecule has 0 aromatic heterocycles. The molecular weight excluding hydrogens is 275 g/mol. The molecule has 1 aromatic carbocycles. The molecule has 0 aliphatic rings. The zero-order valence-electron chi connectivity index (χ0n) is 12.6. The Morgan fingerprint density at radius 2 is 2.00 bits per heavy atom. The number of likely N-dealkylation sites (N-methyl/N-ethyl adjacent to an activating group) is 1. The molecule has 0 radical (unpaired) electrons. The van der Waals surface area contributed by atoms with Crippen LogP contribution in [0.5, 0.6) is 0 Å². The highest BCUT2D eigenvalue weighted by Gasteiger charge is 2.14. The molecule has 1 rings (SSSR count). The Bertz CT molecular complexity index is 506. The van der Waals surface area contributed by atoms with Crippen molar-refractivity contribution < 1.29 is 18.7 Å². The number of nitrogens with one attached hydrogen (secondary N) is 1. The summed E-state index contributed by atoms with van der Waals surface area (Å²) in [5, 5.41) is 2.61. The summed E-state index contributed by atoms with van der Waals surface area (Å²) in [6.07, 6.45) is 0.